The number of aliphatic hydroxyl groups excluding tert-OH is 1. The molecule has 0 aromatic carbocycles. The van der Waals surface area contributed by atoms with Gasteiger partial charge in [0.1, 0.15) is 0 Å². The maximum Gasteiger partial charge on any atom is 0.218 e. The molecule has 0 aliphatic carbocycles. The molecule has 0 amide bonds. The third-order valence-corrected chi connectivity index (χ3v) is 5.80. The highest BCUT2D eigenvalue weighted by atomic mass is 32.2. The summed E-state index contributed by atoms with van der Waals surface area (Å²) in [6.45, 7) is 3.29. The predicted molar refractivity (Wildman–Crippen MR) is 69.7 cm³/mol. The molecule has 6 nitrogen and oxygen atoms in total. The van der Waals surface area contributed by atoms with Crippen molar-refractivity contribution >= 4 is 10.0 Å². The molecule has 0 saturated carbocycles. The zero-order chi connectivity index (χ0) is 13.6. The van der Waals surface area contributed by atoms with E-state index >= 15 is 0 Å². The third-order valence-electron chi connectivity index (χ3n) is 3.35. The van der Waals surface area contributed by atoms with Crippen LogP contribution in [0.25, 0.3) is 0 Å². The lowest BCUT2D eigenvalue weighted by atomic mass is 10.1. The average Bonchev–Trinajstić information content (AvgIpc) is 2.38. The molecule has 0 radical (unpaired) electrons. The second-order valence-corrected chi connectivity index (χ2v) is 6.72. The van der Waals surface area contributed by atoms with Crippen molar-refractivity contribution in [2.24, 2.45) is 5.73 Å². The van der Waals surface area contributed by atoms with Crippen molar-refractivity contribution < 1.29 is 18.3 Å². The highest BCUT2D eigenvalue weighted by Crippen LogP contribution is 2.20. The van der Waals surface area contributed by atoms with E-state index in [0.717, 1.165) is 0 Å². The summed E-state index contributed by atoms with van der Waals surface area (Å²) in [6, 6.07) is 0. The minimum absolute atomic E-state index is 0.00357. The first-order chi connectivity index (χ1) is 8.56. The normalized spacial score (nSPS) is 21.1. The number of piperidine rings is 1. The van der Waals surface area contributed by atoms with Crippen LogP contribution in [0, 0.1) is 0 Å². The summed E-state index contributed by atoms with van der Waals surface area (Å²) >= 11 is 0. The molecular formula is C11H24N2O4S. The number of hydrogen-bond donors (Lipinski definition) is 2. The largest absolute Gasteiger partial charge is 0.394 e. The molecule has 1 rings (SSSR count). The molecule has 18 heavy (non-hydrogen) atoms. The summed E-state index contributed by atoms with van der Waals surface area (Å²) in [5.41, 5.74) is 5.51. The maximum atomic E-state index is 12.2. The van der Waals surface area contributed by atoms with Crippen molar-refractivity contribution in [3.8, 4) is 0 Å². The lowest BCUT2D eigenvalue weighted by Crippen LogP contribution is -2.47. The molecule has 0 spiro atoms. The Hall–Kier alpha value is -0.210. The standard InChI is InChI=1S/C11H24N2O4S/c1-2-11(9-12)18(15,16)13-5-3-10(4-6-13)17-8-7-14/h10-11,14H,2-9,12H2,1H3. The van der Waals surface area contributed by atoms with Gasteiger partial charge in [-0.3, -0.25) is 0 Å². The quantitative estimate of drug-likeness (QED) is 0.657. The van der Waals surface area contributed by atoms with Gasteiger partial charge in [-0.2, -0.15) is 0 Å². The van der Waals surface area contributed by atoms with E-state index in [-0.39, 0.29) is 19.3 Å². The molecule has 0 bridgehead atoms. The lowest BCUT2D eigenvalue weighted by molar-refractivity contribution is 0.00309. The van der Waals surface area contributed by atoms with E-state index in [4.69, 9.17) is 15.6 Å². The summed E-state index contributed by atoms with van der Waals surface area (Å²) in [6.07, 6.45) is 1.96. The molecule has 3 N–H and O–H groups in total. The molecule has 7 heteroatoms. The van der Waals surface area contributed by atoms with Gasteiger partial charge in [-0.25, -0.2) is 12.7 Å². The summed E-state index contributed by atoms with van der Waals surface area (Å²) in [5, 5.41) is 8.19. The number of nitrogens with two attached hydrogens (primary N) is 1. The van der Waals surface area contributed by atoms with Crippen LogP contribution in [0.3, 0.4) is 0 Å². The Balaban J connectivity index is 2.51. The predicted octanol–water partition coefficient (Wildman–Crippen LogP) is -0.473. The molecule has 1 atom stereocenters. The number of hydrogen-bond acceptors (Lipinski definition) is 5. The van der Waals surface area contributed by atoms with Gasteiger partial charge in [-0.1, -0.05) is 6.92 Å². The molecule has 1 saturated heterocycles. The van der Waals surface area contributed by atoms with Crippen LogP contribution in [-0.4, -0.2) is 62.0 Å². The van der Waals surface area contributed by atoms with Crippen LogP contribution in [0.15, 0.2) is 0 Å². The Morgan fingerprint density at radius 2 is 2.06 bits per heavy atom. The number of sulfonamides is 1. The molecule has 1 aliphatic rings. The molecule has 1 aliphatic heterocycles. The highest BCUT2D eigenvalue weighted by molar-refractivity contribution is 7.89. The van der Waals surface area contributed by atoms with E-state index in [1.165, 1.54) is 4.31 Å². The average molecular weight is 280 g/mol. The van der Waals surface area contributed by atoms with Gasteiger partial charge >= 0.3 is 0 Å². The first-order valence-corrected chi connectivity index (χ1v) is 7.98. The summed E-state index contributed by atoms with van der Waals surface area (Å²) < 4.78 is 31.4. The van der Waals surface area contributed by atoms with Crippen LogP contribution in [-0.2, 0) is 14.8 Å². The van der Waals surface area contributed by atoms with Gasteiger partial charge in [0.2, 0.25) is 10.0 Å². The number of aliphatic hydroxyl groups is 1. The van der Waals surface area contributed by atoms with Crippen molar-refractivity contribution in [1.29, 1.82) is 0 Å². The second kappa shape index (κ2) is 7.40. The summed E-state index contributed by atoms with van der Waals surface area (Å²) in [7, 11) is -3.26. The van der Waals surface area contributed by atoms with E-state index < -0.39 is 15.3 Å². The fourth-order valence-corrected chi connectivity index (χ4v) is 3.99. The molecule has 1 heterocycles. The zero-order valence-electron chi connectivity index (χ0n) is 10.9. The smallest absolute Gasteiger partial charge is 0.218 e. The number of rotatable bonds is 7. The van der Waals surface area contributed by atoms with Crippen molar-refractivity contribution in [3.05, 3.63) is 0 Å². The van der Waals surface area contributed by atoms with Crippen LogP contribution >= 0.6 is 0 Å². The van der Waals surface area contributed by atoms with Crippen LogP contribution < -0.4 is 5.73 Å². The minimum Gasteiger partial charge on any atom is -0.394 e. The number of ether oxygens (including phenoxy) is 1. The number of nitrogens with zero attached hydrogens (tertiary/aromatic N) is 1. The molecule has 1 fully saturated rings. The van der Waals surface area contributed by atoms with Gasteiger partial charge < -0.3 is 15.6 Å². The van der Waals surface area contributed by atoms with E-state index in [1.54, 1.807) is 0 Å². The van der Waals surface area contributed by atoms with Gasteiger partial charge in [-0.15, -0.1) is 0 Å². The van der Waals surface area contributed by atoms with Crippen LogP contribution in [0.4, 0.5) is 0 Å². The van der Waals surface area contributed by atoms with Gasteiger partial charge in [0.05, 0.1) is 24.6 Å². The topological polar surface area (TPSA) is 92.9 Å². The van der Waals surface area contributed by atoms with E-state index in [1.807, 2.05) is 6.92 Å². The summed E-state index contributed by atoms with van der Waals surface area (Å²) in [5.74, 6) is 0. The Bertz CT molecular complexity index is 322. The lowest BCUT2D eigenvalue weighted by Gasteiger charge is -2.33. The van der Waals surface area contributed by atoms with E-state index in [0.29, 0.717) is 39.0 Å². The van der Waals surface area contributed by atoms with Crippen molar-refractivity contribution in [1.82, 2.24) is 4.31 Å². The van der Waals surface area contributed by atoms with E-state index in [9.17, 15) is 8.42 Å². The van der Waals surface area contributed by atoms with E-state index in [2.05, 4.69) is 0 Å². The Labute approximate surface area is 109 Å². The SMILES string of the molecule is CCC(CN)S(=O)(=O)N1CCC(OCCO)CC1. The first-order valence-electron chi connectivity index (χ1n) is 6.47. The molecule has 0 aromatic rings. The van der Waals surface area contributed by atoms with Crippen molar-refractivity contribution in [2.45, 2.75) is 37.5 Å². The van der Waals surface area contributed by atoms with Crippen molar-refractivity contribution in [2.75, 3.05) is 32.8 Å². The summed E-state index contributed by atoms with van der Waals surface area (Å²) in [4.78, 5) is 0. The zero-order valence-corrected chi connectivity index (χ0v) is 11.7. The van der Waals surface area contributed by atoms with Gasteiger partial charge in [0.25, 0.3) is 0 Å². The Morgan fingerprint density at radius 1 is 1.44 bits per heavy atom. The van der Waals surface area contributed by atoms with Crippen LogP contribution in [0.5, 0.6) is 0 Å². The van der Waals surface area contributed by atoms with Crippen LogP contribution in [0.2, 0.25) is 0 Å². The minimum atomic E-state index is -3.26. The fourth-order valence-electron chi connectivity index (χ4n) is 2.18. The second-order valence-electron chi connectivity index (χ2n) is 4.50. The Morgan fingerprint density at radius 3 is 2.50 bits per heavy atom. The van der Waals surface area contributed by atoms with Crippen molar-refractivity contribution in [3.63, 3.8) is 0 Å². The first kappa shape index (κ1) is 15.8. The monoisotopic (exact) mass is 280 g/mol. The molecule has 0 aromatic heterocycles. The molecular weight excluding hydrogens is 256 g/mol. The van der Waals surface area contributed by atoms with Gasteiger partial charge in [-0.05, 0) is 19.3 Å². The van der Waals surface area contributed by atoms with Crippen LogP contribution in [0.1, 0.15) is 26.2 Å². The fraction of sp³-hybridized carbons (Fsp3) is 1.00. The Kier molecular flexibility index (Phi) is 6.51. The van der Waals surface area contributed by atoms with Gasteiger partial charge in [0.15, 0.2) is 0 Å². The molecule has 108 valence electrons. The van der Waals surface area contributed by atoms with Gasteiger partial charge in [0, 0.05) is 19.6 Å². The maximum absolute atomic E-state index is 12.2. The molecule has 1 unspecified atom stereocenters. The highest BCUT2D eigenvalue weighted by Gasteiger charge is 2.33. The third kappa shape index (κ3) is 3.89.